The summed E-state index contributed by atoms with van der Waals surface area (Å²) in [4.78, 5) is 33.8. The maximum absolute atomic E-state index is 12.6. The lowest BCUT2D eigenvalue weighted by molar-refractivity contribution is -0.136. The molecule has 0 saturated carbocycles. The number of hydrogen-bond donors (Lipinski definition) is 1. The Kier molecular flexibility index (Phi) is 7.26. The average Bonchev–Trinajstić information content (AvgIpc) is 3.51. The van der Waals surface area contributed by atoms with Crippen LogP contribution in [0.15, 0.2) is 23.6 Å². The summed E-state index contributed by atoms with van der Waals surface area (Å²) in [5, 5.41) is 5.38. The number of thiazole rings is 1. The van der Waals surface area contributed by atoms with Gasteiger partial charge in [0.05, 0.1) is 26.5 Å². The number of carbonyl (C=O) groups is 2. The Morgan fingerprint density at radius 3 is 2.50 bits per heavy atom. The molecule has 2 fully saturated rings. The highest BCUT2D eigenvalue weighted by molar-refractivity contribution is 7.14. The van der Waals surface area contributed by atoms with Crippen molar-refractivity contribution in [3.05, 3.63) is 23.6 Å². The number of methoxy groups -OCH3 is 2. The largest absolute Gasteiger partial charge is 0.493 e. The van der Waals surface area contributed by atoms with Gasteiger partial charge < -0.3 is 19.7 Å². The second-order valence-electron chi connectivity index (χ2n) is 8.24. The molecule has 4 rings (SSSR count). The lowest BCUT2D eigenvalue weighted by Crippen LogP contribution is -2.43. The Bertz CT molecular complexity index is 949. The highest BCUT2D eigenvalue weighted by Crippen LogP contribution is 2.33. The van der Waals surface area contributed by atoms with Crippen LogP contribution >= 0.6 is 11.3 Å². The molecule has 32 heavy (non-hydrogen) atoms. The molecular formula is C23H30N4O4S. The number of carbonyl (C=O) groups excluding carboxylic acids is 2. The molecule has 0 unspecified atom stereocenters. The quantitative estimate of drug-likeness (QED) is 0.687. The summed E-state index contributed by atoms with van der Waals surface area (Å²) in [5.41, 5.74) is 1.66. The van der Waals surface area contributed by atoms with E-state index in [4.69, 9.17) is 9.47 Å². The first kappa shape index (κ1) is 22.5. The van der Waals surface area contributed by atoms with Crippen LogP contribution in [0.3, 0.4) is 0 Å². The van der Waals surface area contributed by atoms with Crippen LogP contribution in [0.2, 0.25) is 0 Å². The van der Waals surface area contributed by atoms with Crippen LogP contribution in [0.5, 0.6) is 11.5 Å². The fourth-order valence-corrected chi connectivity index (χ4v) is 5.09. The molecule has 2 aliphatic heterocycles. The molecule has 0 radical (unpaired) electrons. The zero-order valence-corrected chi connectivity index (χ0v) is 19.5. The van der Waals surface area contributed by atoms with E-state index in [1.807, 2.05) is 28.5 Å². The highest BCUT2D eigenvalue weighted by atomic mass is 32.1. The van der Waals surface area contributed by atoms with Gasteiger partial charge in [0.2, 0.25) is 11.8 Å². The van der Waals surface area contributed by atoms with Crippen molar-refractivity contribution in [2.24, 2.45) is 5.92 Å². The minimum atomic E-state index is -0.0810. The van der Waals surface area contributed by atoms with Crippen LogP contribution in [-0.2, 0) is 9.59 Å². The van der Waals surface area contributed by atoms with E-state index in [-0.39, 0.29) is 11.8 Å². The Morgan fingerprint density at radius 1 is 1.09 bits per heavy atom. The minimum Gasteiger partial charge on any atom is -0.493 e. The van der Waals surface area contributed by atoms with Gasteiger partial charge in [-0.25, -0.2) is 4.98 Å². The SMILES string of the molecule is COc1ccc(-c2csc(NC(=O)CN3CCC(C(=O)N4CCCC4)CC3)n2)cc1OC. The number of ether oxygens (including phenoxy) is 2. The number of amides is 2. The van der Waals surface area contributed by atoms with Crippen LogP contribution in [0.4, 0.5) is 5.13 Å². The number of nitrogens with one attached hydrogen (secondary N) is 1. The van der Waals surface area contributed by atoms with Gasteiger partial charge in [-0.1, -0.05) is 0 Å². The van der Waals surface area contributed by atoms with Gasteiger partial charge in [-0.2, -0.15) is 0 Å². The number of benzene rings is 1. The predicted octanol–water partition coefficient (Wildman–Crippen LogP) is 3.10. The fraction of sp³-hybridized carbons (Fsp3) is 0.522. The summed E-state index contributed by atoms with van der Waals surface area (Å²) in [6.45, 7) is 3.66. The van der Waals surface area contributed by atoms with Crippen molar-refractivity contribution in [2.75, 3.05) is 52.3 Å². The Hall–Kier alpha value is -2.65. The summed E-state index contributed by atoms with van der Waals surface area (Å²) < 4.78 is 10.6. The van der Waals surface area contributed by atoms with Crippen LogP contribution in [0.25, 0.3) is 11.3 Å². The fourth-order valence-electron chi connectivity index (χ4n) is 4.35. The van der Waals surface area contributed by atoms with E-state index in [1.165, 1.54) is 11.3 Å². The monoisotopic (exact) mass is 458 g/mol. The molecular weight excluding hydrogens is 428 g/mol. The number of hydrogen-bond acceptors (Lipinski definition) is 7. The van der Waals surface area contributed by atoms with Gasteiger partial charge in [0.25, 0.3) is 0 Å². The van der Waals surface area contributed by atoms with Crippen LogP contribution < -0.4 is 14.8 Å². The topological polar surface area (TPSA) is 84.0 Å². The van der Waals surface area contributed by atoms with Crippen molar-refractivity contribution in [3.63, 3.8) is 0 Å². The number of nitrogens with zero attached hydrogens (tertiary/aromatic N) is 3. The molecule has 2 amide bonds. The maximum Gasteiger partial charge on any atom is 0.240 e. The number of piperidine rings is 1. The Labute approximate surface area is 192 Å². The maximum atomic E-state index is 12.6. The molecule has 0 bridgehead atoms. The first-order valence-electron chi connectivity index (χ1n) is 11.1. The summed E-state index contributed by atoms with van der Waals surface area (Å²) >= 11 is 1.39. The molecule has 0 spiro atoms. The van der Waals surface area contributed by atoms with Gasteiger partial charge in [-0.15, -0.1) is 11.3 Å². The molecule has 2 aromatic rings. The number of aromatic nitrogens is 1. The molecule has 1 N–H and O–H groups in total. The minimum absolute atomic E-state index is 0.0810. The second-order valence-corrected chi connectivity index (χ2v) is 9.10. The highest BCUT2D eigenvalue weighted by Gasteiger charge is 2.30. The molecule has 0 aliphatic carbocycles. The van der Waals surface area contributed by atoms with Crippen molar-refractivity contribution in [1.82, 2.24) is 14.8 Å². The van der Waals surface area contributed by atoms with Crippen molar-refractivity contribution >= 4 is 28.3 Å². The molecule has 2 aliphatic rings. The average molecular weight is 459 g/mol. The van der Waals surface area contributed by atoms with E-state index in [1.54, 1.807) is 14.2 Å². The summed E-state index contributed by atoms with van der Waals surface area (Å²) in [7, 11) is 3.20. The second kappa shape index (κ2) is 10.3. The molecule has 1 aromatic carbocycles. The standard InChI is InChI=1S/C23H30N4O4S/c1-30-19-6-5-17(13-20(19)31-2)18-15-32-23(24-18)25-21(28)14-26-11-7-16(8-12-26)22(29)27-9-3-4-10-27/h5-6,13,15-16H,3-4,7-12,14H2,1-2H3,(H,24,25,28). The lowest BCUT2D eigenvalue weighted by atomic mass is 9.95. The van der Waals surface area contributed by atoms with Gasteiger partial charge in [0.15, 0.2) is 16.6 Å². The van der Waals surface area contributed by atoms with E-state index in [0.29, 0.717) is 29.1 Å². The van der Waals surface area contributed by atoms with Gasteiger partial charge in [-0.05, 0) is 57.0 Å². The zero-order chi connectivity index (χ0) is 22.5. The number of anilines is 1. The number of rotatable bonds is 7. The third kappa shape index (κ3) is 5.21. The van der Waals surface area contributed by atoms with Crippen LogP contribution in [-0.4, -0.2) is 73.5 Å². The van der Waals surface area contributed by atoms with Crippen molar-refractivity contribution < 1.29 is 19.1 Å². The van der Waals surface area contributed by atoms with Crippen molar-refractivity contribution in [3.8, 4) is 22.8 Å². The first-order valence-corrected chi connectivity index (χ1v) is 11.9. The first-order chi connectivity index (χ1) is 15.6. The third-order valence-corrected chi connectivity index (χ3v) is 6.91. The van der Waals surface area contributed by atoms with E-state index in [2.05, 4.69) is 15.2 Å². The Morgan fingerprint density at radius 2 is 1.81 bits per heavy atom. The van der Waals surface area contributed by atoms with Gasteiger partial charge in [0.1, 0.15) is 0 Å². The van der Waals surface area contributed by atoms with Crippen molar-refractivity contribution in [2.45, 2.75) is 25.7 Å². The van der Waals surface area contributed by atoms with Gasteiger partial charge in [-0.3, -0.25) is 14.5 Å². The third-order valence-electron chi connectivity index (χ3n) is 6.15. The molecule has 172 valence electrons. The normalized spacial score (nSPS) is 17.4. The van der Waals surface area contributed by atoms with Gasteiger partial charge in [0, 0.05) is 30.0 Å². The molecule has 2 saturated heterocycles. The van der Waals surface area contributed by atoms with E-state index < -0.39 is 0 Å². The molecule has 1 aromatic heterocycles. The van der Waals surface area contributed by atoms with E-state index in [0.717, 1.165) is 63.1 Å². The van der Waals surface area contributed by atoms with E-state index in [9.17, 15) is 9.59 Å². The molecule has 3 heterocycles. The smallest absolute Gasteiger partial charge is 0.240 e. The zero-order valence-electron chi connectivity index (χ0n) is 18.6. The summed E-state index contributed by atoms with van der Waals surface area (Å²) in [6, 6.07) is 5.62. The van der Waals surface area contributed by atoms with E-state index >= 15 is 0 Å². The van der Waals surface area contributed by atoms with Gasteiger partial charge >= 0.3 is 0 Å². The van der Waals surface area contributed by atoms with Crippen molar-refractivity contribution in [1.29, 1.82) is 0 Å². The summed E-state index contributed by atoms with van der Waals surface area (Å²) in [6.07, 6.45) is 3.89. The molecule has 0 atom stereocenters. The molecule has 9 heteroatoms. The number of likely N-dealkylation sites (tertiary alicyclic amines) is 2. The predicted molar refractivity (Wildman–Crippen MR) is 124 cm³/mol. The van der Waals surface area contributed by atoms with Crippen LogP contribution in [0, 0.1) is 5.92 Å². The lowest BCUT2D eigenvalue weighted by Gasteiger charge is -2.32. The Balaban J connectivity index is 1.27. The summed E-state index contributed by atoms with van der Waals surface area (Å²) in [5.74, 6) is 1.62. The van der Waals surface area contributed by atoms with Crippen LogP contribution in [0.1, 0.15) is 25.7 Å². The molecule has 8 nitrogen and oxygen atoms in total.